The van der Waals surface area contributed by atoms with E-state index in [1.807, 2.05) is 24.4 Å². The van der Waals surface area contributed by atoms with Crippen molar-refractivity contribution in [2.45, 2.75) is 0 Å². The molecule has 0 atom stereocenters. The lowest BCUT2D eigenvalue weighted by Gasteiger charge is -2.14. The molecule has 144 valence electrons. The van der Waals surface area contributed by atoms with Crippen LogP contribution in [0.2, 0.25) is 0 Å². The summed E-state index contributed by atoms with van der Waals surface area (Å²) in [4.78, 5) is 4.66. The Bertz CT molecular complexity index is 1320. The van der Waals surface area contributed by atoms with Gasteiger partial charge in [0.25, 0.3) is 0 Å². The Kier molecular flexibility index (Phi) is 5.04. The van der Waals surface area contributed by atoms with Crippen LogP contribution in [0.25, 0.3) is 28.4 Å². The van der Waals surface area contributed by atoms with Gasteiger partial charge in [-0.1, -0.05) is 82.7 Å². The first-order chi connectivity index (χ1) is 14.8. The van der Waals surface area contributed by atoms with E-state index in [9.17, 15) is 0 Å². The van der Waals surface area contributed by atoms with Crippen molar-refractivity contribution in [3.05, 3.63) is 131 Å². The van der Waals surface area contributed by atoms with E-state index in [2.05, 4.69) is 116 Å². The molecule has 0 N–H and O–H groups in total. The van der Waals surface area contributed by atoms with Gasteiger partial charge in [0.05, 0.1) is 11.2 Å². The lowest BCUT2D eigenvalue weighted by molar-refractivity contribution is 1.02. The van der Waals surface area contributed by atoms with Gasteiger partial charge in [0, 0.05) is 21.6 Å². The average Bonchev–Trinajstić information content (AvgIpc) is 3.17. The molecular formula is C27H19BrN2. The zero-order chi connectivity index (χ0) is 20.3. The second-order valence-corrected chi connectivity index (χ2v) is 8.01. The van der Waals surface area contributed by atoms with Crippen molar-refractivity contribution in [3.8, 4) is 5.82 Å². The van der Waals surface area contributed by atoms with Gasteiger partial charge < -0.3 is 0 Å². The SMILES string of the molecule is Brc1ccc2c(c1)cc(/C(=C/c1ccccc1)c1ccccc1)n2-c1ccccn1. The van der Waals surface area contributed by atoms with Gasteiger partial charge >= 0.3 is 0 Å². The largest absolute Gasteiger partial charge is 0.294 e. The monoisotopic (exact) mass is 450 g/mol. The highest BCUT2D eigenvalue weighted by molar-refractivity contribution is 9.10. The second-order valence-electron chi connectivity index (χ2n) is 7.09. The minimum atomic E-state index is 0.903. The number of rotatable bonds is 4. The van der Waals surface area contributed by atoms with Crippen LogP contribution in [0.5, 0.6) is 0 Å². The van der Waals surface area contributed by atoms with E-state index >= 15 is 0 Å². The Morgan fingerprint density at radius 3 is 2.23 bits per heavy atom. The molecule has 2 nitrogen and oxygen atoms in total. The molecular weight excluding hydrogens is 432 g/mol. The molecule has 5 aromatic rings. The number of fused-ring (bicyclic) bond motifs is 1. The van der Waals surface area contributed by atoms with Crippen LogP contribution in [0.1, 0.15) is 16.8 Å². The molecule has 2 heterocycles. The minimum absolute atomic E-state index is 0.903. The summed E-state index contributed by atoms with van der Waals surface area (Å²) in [5.41, 5.74) is 5.72. The Morgan fingerprint density at radius 2 is 1.50 bits per heavy atom. The van der Waals surface area contributed by atoms with Crippen molar-refractivity contribution in [3.63, 3.8) is 0 Å². The van der Waals surface area contributed by atoms with Crippen LogP contribution in [0.3, 0.4) is 0 Å². The van der Waals surface area contributed by atoms with Gasteiger partial charge in [-0.15, -0.1) is 0 Å². The maximum Gasteiger partial charge on any atom is 0.137 e. The number of hydrogen-bond donors (Lipinski definition) is 0. The summed E-state index contributed by atoms with van der Waals surface area (Å²) in [5, 5.41) is 1.17. The second kappa shape index (κ2) is 8.13. The highest BCUT2D eigenvalue weighted by atomic mass is 79.9. The zero-order valence-electron chi connectivity index (χ0n) is 16.2. The van der Waals surface area contributed by atoms with Crippen LogP contribution >= 0.6 is 15.9 Å². The predicted octanol–water partition coefficient (Wildman–Crippen LogP) is 7.38. The van der Waals surface area contributed by atoms with Crippen molar-refractivity contribution >= 4 is 38.5 Å². The fourth-order valence-electron chi connectivity index (χ4n) is 3.76. The highest BCUT2D eigenvalue weighted by Crippen LogP contribution is 2.34. The summed E-state index contributed by atoms with van der Waals surface area (Å²) in [7, 11) is 0. The number of aromatic nitrogens is 2. The van der Waals surface area contributed by atoms with Gasteiger partial charge in [-0.05, 0) is 53.6 Å². The quantitative estimate of drug-likeness (QED) is 0.261. The number of halogens is 1. The molecule has 0 saturated heterocycles. The van der Waals surface area contributed by atoms with E-state index in [1.54, 1.807) is 0 Å². The van der Waals surface area contributed by atoms with Crippen molar-refractivity contribution in [1.29, 1.82) is 0 Å². The van der Waals surface area contributed by atoms with Crippen LogP contribution in [0.15, 0.2) is 114 Å². The average molecular weight is 451 g/mol. The van der Waals surface area contributed by atoms with Crippen LogP contribution in [0.4, 0.5) is 0 Å². The summed E-state index contributed by atoms with van der Waals surface area (Å²) >= 11 is 3.62. The van der Waals surface area contributed by atoms with Crippen LogP contribution in [-0.2, 0) is 0 Å². The molecule has 0 saturated carbocycles. The lowest BCUT2D eigenvalue weighted by atomic mass is 9.99. The third-order valence-electron chi connectivity index (χ3n) is 5.11. The molecule has 3 aromatic carbocycles. The standard InChI is InChI=1S/C27H19BrN2/c28-23-14-15-25-22(18-23)19-26(30(25)27-13-7-8-16-29-27)24(21-11-5-2-6-12-21)17-20-9-3-1-4-10-20/h1-19H/b24-17+. The third-order valence-corrected chi connectivity index (χ3v) is 5.61. The van der Waals surface area contributed by atoms with Gasteiger partial charge in [-0.2, -0.15) is 0 Å². The van der Waals surface area contributed by atoms with Crippen molar-refractivity contribution in [1.82, 2.24) is 9.55 Å². The molecule has 0 radical (unpaired) electrons. The minimum Gasteiger partial charge on any atom is -0.294 e. The predicted molar refractivity (Wildman–Crippen MR) is 129 cm³/mol. The molecule has 0 spiro atoms. The maximum absolute atomic E-state index is 4.66. The lowest BCUT2D eigenvalue weighted by Crippen LogP contribution is -2.02. The molecule has 0 bridgehead atoms. The Morgan fingerprint density at radius 1 is 0.767 bits per heavy atom. The Labute approximate surface area is 184 Å². The molecule has 0 unspecified atom stereocenters. The van der Waals surface area contributed by atoms with E-state index in [1.165, 1.54) is 10.9 Å². The Hall–Kier alpha value is -3.43. The summed E-state index contributed by atoms with van der Waals surface area (Å²) in [6.07, 6.45) is 4.09. The molecule has 2 aromatic heterocycles. The van der Waals surface area contributed by atoms with E-state index in [4.69, 9.17) is 0 Å². The van der Waals surface area contributed by atoms with Gasteiger partial charge in [-0.3, -0.25) is 4.57 Å². The van der Waals surface area contributed by atoms with E-state index in [-0.39, 0.29) is 0 Å². The van der Waals surface area contributed by atoms with Gasteiger partial charge in [0.15, 0.2) is 0 Å². The first kappa shape index (κ1) is 18.6. The van der Waals surface area contributed by atoms with E-state index in [0.717, 1.165) is 32.6 Å². The molecule has 3 heteroatoms. The van der Waals surface area contributed by atoms with Gasteiger partial charge in [0.2, 0.25) is 0 Å². The molecule has 0 fully saturated rings. The normalized spacial score (nSPS) is 11.7. The molecule has 0 aliphatic heterocycles. The van der Waals surface area contributed by atoms with Gasteiger partial charge in [0.1, 0.15) is 5.82 Å². The zero-order valence-corrected chi connectivity index (χ0v) is 17.8. The number of pyridine rings is 1. The van der Waals surface area contributed by atoms with Crippen molar-refractivity contribution < 1.29 is 0 Å². The topological polar surface area (TPSA) is 17.8 Å². The van der Waals surface area contributed by atoms with Crippen molar-refractivity contribution in [2.24, 2.45) is 0 Å². The summed E-state index contributed by atoms with van der Waals surface area (Å²) < 4.78 is 3.30. The van der Waals surface area contributed by atoms with E-state index < -0.39 is 0 Å². The molecule has 5 rings (SSSR count). The first-order valence-corrected chi connectivity index (χ1v) is 10.6. The van der Waals surface area contributed by atoms with Gasteiger partial charge in [-0.25, -0.2) is 4.98 Å². The smallest absolute Gasteiger partial charge is 0.137 e. The number of nitrogens with zero attached hydrogens (tertiary/aromatic N) is 2. The Balaban J connectivity index is 1.83. The number of benzene rings is 3. The summed E-state index contributed by atoms with van der Waals surface area (Å²) in [6.45, 7) is 0. The van der Waals surface area contributed by atoms with Crippen LogP contribution in [0, 0.1) is 0 Å². The first-order valence-electron chi connectivity index (χ1n) is 9.84. The highest BCUT2D eigenvalue weighted by Gasteiger charge is 2.16. The van der Waals surface area contributed by atoms with E-state index in [0.29, 0.717) is 0 Å². The summed E-state index contributed by atoms with van der Waals surface area (Å²) in [6, 6.07) is 35.6. The molecule has 30 heavy (non-hydrogen) atoms. The fourth-order valence-corrected chi connectivity index (χ4v) is 4.13. The fraction of sp³-hybridized carbons (Fsp3) is 0. The maximum atomic E-state index is 4.66. The van der Waals surface area contributed by atoms with Crippen molar-refractivity contribution in [2.75, 3.05) is 0 Å². The number of hydrogen-bond acceptors (Lipinski definition) is 1. The molecule has 0 amide bonds. The van der Waals surface area contributed by atoms with Crippen LogP contribution < -0.4 is 0 Å². The third kappa shape index (κ3) is 3.60. The molecule has 0 aliphatic carbocycles. The molecule has 0 aliphatic rings. The summed E-state index contributed by atoms with van der Waals surface area (Å²) in [5.74, 6) is 0.903. The van der Waals surface area contributed by atoms with Crippen LogP contribution in [-0.4, -0.2) is 9.55 Å².